The van der Waals surface area contributed by atoms with E-state index < -0.39 is 11.6 Å². The van der Waals surface area contributed by atoms with Gasteiger partial charge in [-0.15, -0.1) is 0 Å². The van der Waals surface area contributed by atoms with Gasteiger partial charge >= 0.3 is 6.03 Å². The van der Waals surface area contributed by atoms with Gasteiger partial charge in [0.2, 0.25) is 5.91 Å². The average Bonchev–Trinajstić information content (AvgIpc) is 3.29. The van der Waals surface area contributed by atoms with Crippen molar-refractivity contribution in [3.05, 3.63) is 24.3 Å². The largest absolute Gasteiger partial charge is 0.370 e. The summed E-state index contributed by atoms with van der Waals surface area (Å²) in [5.74, 6) is -0.523. The van der Waals surface area contributed by atoms with Crippen LogP contribution in [0, 0.1) is 5.92 Å². The summed E-state index contributed by atoms with van der Waals surface area (Å²) >= 11 is 0. The topological polar surface area (TPSA) is 81.8 Å². The van der Waals surface area contributed by atoms with E-state index >= 15 is 0 Å². The number of nitrogens with zero attached hydrogens (tertiary/aromatic N) is 2. The lowest BCUT2D eigenvalue weighted by molar-refractivity contribution is -0.136. The maximum atomic E-state index is 13.0. The Kier molecular flexibility index (Phi) is 5.00. The molecule has 1 aliphatic carbocycles. The lowest BCUT2D eigenvalue weighted by Gasteiger charge is -2.36. The Morgan fingerprint density at radius 1 is 1.18 bits per heavy atom. The van der Waals surface area contributed by atoms with E-state index in [1.807, 2.05) is 31.2 Å². The van der Waals surface area contributed by atoms with Gasteiger partial charge in [-0.3, -0.25) is 14.5 Å². The smallest absolute Gasteiger partial charge is 0.325 e. The Morgan fingerprint density at radius 2 is 1.93 bits per heavy atom. The summed E-state index contributed by atoms with van der Waals surface area (Å²) in [5, 5.41) is 5.80. The second-order valence-electron chi connectivity index (χ2n) is 8.20. The van der Waals surface area contributed by atoms with Crippen molar-refractivity contribution in [3.63, 3.8) is 0 Å². The first kappa shape index (κ1) is 18.8. The summed E-state index contributed by atoms with van der Waals surface area (Å²) in [5.41, 5.74) is 0.883. The first-order chi connectivity index (χ1) is 13.5. The average molecular weight is 384 g/mol. The van der Waals surface area contributed by atoms with E-state index in [0.29, 0.717) is 6.42 Å². The summed E-state index contributed by atoms with van der Waals surface area (Å²) in [6.45, 7) is 3.70. The molecule has 0 radical (unpaired) electrons. The highest BCUT2D eigenvalue weighted by molar-refractivity contribution is 6.10. The minimum atomic E-state index is -0.830. The van der Waals surface area contributed by atoms with Crippen LogP contribution in [0.25, 0.3) is 0 Å². The number of anilines is 2. The van der Waals surface area contributed by atoms with Gasteiger partial charge in [0, 0.05) is 13.1 Å². The van der Waals surface area contributed by atoms with Gasteiger partial charge in [-0.2, -0.15) is 0 Å². The molecule has 7 heteroatoms. The molecule has 4 amide bonds. The van der Waals surface area contributed by atoms with E-state index in [0.717, 1.165) is 61.5 Å². The number of para-hydroxylation sites is 2. The van der Waals surface area contributed by atoms with Crippen molar-refractivity contribution >= 4 is 29.2 Å². The predicted molar refractivity (Wildman–Crippen MR) is 107 cm³/mol. The molecule has 1 saturated carbocycles. The van der Waals surface area contributed by atoms with Crippen LogP contribution in [0.1, 0.15) is 45.4 Å². The molecule has 0 aromatic heterocycles. The van der Waals surface area contributed by atoms with Crippen molar-refractivity contribution in [1.29, 1.82) is 0 Å². The Morgan fingerprint density at radius 3 is 2.68 bits per heavy atom. The third-order valence-corrected chi connectivity index (χ3v) is 6.43. The summed E-state index contributed by atoms with van der Waals surface area (Å²) in [6.07, 6.45) is 5.83. The van der Waals surface area contributed by atoms with Gasteiger partial charge in [0.1, 0.15) is 12.1 Å². The quantitative estimate of drug-likeness (QED) is 0.782. The fraction of sp³-hybridized carbons (Fsp3) is 0.571. The van der Waals surface area contributed by atoms with Crippen molar-refractivity contribution in [2.24, 2.45) is 5.92 Å². The van der Waals surface area contributed by atoms with Crippen molar-refractivity contribution in [2.75, 3.05) is 29.9 Å². The van der Waals surface area contributed by atoms with Crippen LogP contribution in [0.15, 0.2) is 24.3 Å². The first-order valence-electron chi connectivity index (χ1n) is 10.3. The van der Waals surface area contributed by atoms with E-state index in [4.69, 9.17) is 0 Å². The van der Waals surface area contributed by atoms with Crippen LogP contribution < -0.4 is 15.5 Å². The Balaban J connectivity index is 1.46. The fourth-order valence-corrected chi connectivity index (χ4v) is 4.79. The van der Waals surface area contributed by atoms with Crippen molar-refractivity contribution in [1.82, 2.24) is 10.2 Å². The third-order valence-electron chi connectivity index (χ3n) is 6.43. The minimum absolute atomic E-state index is 0.0849. The molecule has 150 valence electrons. The SMILES string of the molecule is C[C@H]1CCCC[C@]12NC(=O)N(CC(=O)Nc1ccccc1N1CCCC1)C2=O. The summed E-state index contributed by atoms with van der Waals surface area (Å²) in [6, 6.07) is 7.23. The molecule has 1 aromatic carbocycles. The first-order valence-corrected chi connectivity index (χ1v) is 10.3. The number of carbonyl (C=O) groups excluding carboxylic acids is 3. The zero-order chi connectivity index (χ0) is 19.7. The number of urea groups is 1. The zero-order valence-electron chi connectivity index (χ0n) is 16.4. The van der Waals surface area contributed by atoms with Crippen molar-refractivity contribution in [3.8, 4) is 0 Å². The molecule has 2 saturated heterocycles. The lowest BCUT2D eigenvalue weighted by atomic mass is 9.73. The molecule has 3 fully saturated rings. The molecule has 2 heterocycles. The molecule has 2 aliphatic heterocycles. The summed E-state index contributed by atoms with van der Waals surface area (Å²) in [4.78, 5) is 41.5. The van der Waals surface area contributed by atoms with Gasteiger partial charge in [0.15, 0.2) is 0 Å². The van der Waals surface area contributed by atoms with E-state index in [2.05, 4.69) is 15.5 Å². The molecule has 1 aromatic rings. The molecular weight excluding hydrogens is 356 g/mol. The number of amides is 4. The Labute approximate surface area is 165 Å². The van der Waals surface area contributed by atoms with Gasteiger partial charge in [0.25, 0.3) is 5.91 Å². The van der Waals surface area contributed by atoms with Crippen LogP contribution >= 0.6 is 0 Å². The molecule has 0 bridgehead atoms. The molecular formula is C21H28N4O3. The highest BCUT2D eigenvalue weighted by Crippen LogP contribution is 2.38. The van der Waals surface area contributed by atoms with E-state index in [9.17, 15) is 14.4 Å². The van der Waals surface area contributed by atoms with E-state index in [1.165, 1.54) is 0 Å². The number of rotatable bonds is 4. The molecule has 2 atom stereocenters. The fourth-order valence-electron chi connectivity index (χ4n) is 4.79. The molecule has 1 spiro atoms. The highest BCUT2D eigenvalue weighted by atomic mass is 16.2. The van der Waals surface area contributed by atoms with Crippen molar-refractivity contribution < 1.29 is 14.4 Å². The predicted octanol–water partition coefficient (Wildman–Crippen LogP) is 2.73. The van der Waals surface area contributed by atoms with E-state index in [1.54, 1.807) is 0 Å². The van der Waals surface area contributed by atoms with Gasteiger partial charge in [-0.05, 0) is 43.7 Å². The van der Waals surface area contributed by atoms with Crippen LogP contribution in [-0.4, -0.2) is 47.9 Å². The maximum absolute atomic E-state index is 13.0. The van der Waals surface area contributed by atoms with Crippen molar-refractivity contribution in [2.45, 2.75) is 51.0 Å². The zero-order valence-corrected chi connectivity index (χ0v) is 16.4. The molecule has 4 rings (SSSR count). The Bertz CT molecular complexity index is 790. The summed E-state index contributed by atoms with van der Waals surface area (Å²) < 4.78 is 0. The normalized spacial score (nSPS) is 27.4. The van der Waals surface area contributed by atoms with E-state index in [-0.39, 0.29) is 24.3 Å². The van der Waals surface area contributed by atoms with Gasteiger partial charge in [-0.25, -0.2) is 4.79 Å². The molecule has 2 N–H and O–H groups in total. The Hall–Kier alpha value is -2.57. The van der Waals surface area contributed by atoms with Crippen LogP contribution in [0.5, 0.6) is 0 Å². The number of nitrogens with one attached hydrogen (secondary N) is 2. The highest BCUT2D eigenvalue weighted by Gasteiger charge is 2.55. The lowest BCUT2D eigenvalue weighted by Crippen LogP contribution is -2.54. The number of imide groups is 1. The third kappa shape index (κ3) is 3.23. The number of hydrogen-bond acceptors (Lipinski definition) is 4. The van der Waals surface area contributed by atoms with Crippen LogP contribution in [0.4, 0.5) is 16.2 Å². The number of carbonyl (C=O) groups is 3. The molecule has 3 aliphatic rings. The number of hydrogen-bond donors (Lipinski definition) is 2. The second kappa shape index (κ2) is 7.45. The summed E-state index contributed by atoms with van der Waals surface area (Å²) in [7, 11) is 0. The molecule has 0 unspecified atom stereocenters. The molecule has 28 heavy (non-hydrogen) atoms. The number of benzene rings is 1. The van der Waals surface area contributed by atoms with Crippen LogP contribution in [0.2, 0.25) is 0 Å². The monoisotopic (exact) mass is 384 g/mol. The van der Waals surface area contributed by atoms with Gasteiger partial charge in [0.05, 0.1) is 11.4 Å². The second-order valence-corrected chi connectivity index (χ2v) is 8.20. The van der Waals surface area contributed by atoms with Crippen LogP contribution in [-0.2, 0) is 9.59 Å². The maximum Gasteiger partial charge on any atom is 0.325 e. The molecule has 7 nitrogen and oxygen atoms in total. The standard InChI is InChI=1S/C21H28N4O3/c1-15-8-4-5-11-21(15)19(27)25(20(28)23-21)14-18(26)22-16-9-2-3-10-17(16)24-12-6-7-13-24/h2-3,9-10,15H,4-8,11-14H2,1H3,(H,22,26)(H,23,28)/t15-,21-/m0/s1. The minimum Gasteiger partial charge on any atom is -0.370 e. The van der Waals surface area contributed by atoms with Gasteiger partial charge < -0.3 is 15.5 Å². The van der Waals surface area contributed by atoms with Gasteiger partial charge in [-0.1, -0.05) is 31.9 Å². The van der Waals surface area contributed by atoms with Crippen LogP contribution in [0.3, 0.4) is 0 Å².